The maximum absolute atomic E-state index is 13.6. The summed E-state index contributed by atoms with van der Waals surface area (Å²) in [5, 5.41) is 7.57. The number of nitrogens with zero attached hydrogens (tertiary/aromatic N) is 3. The second kappa shape index (κ2) is 8.59. The van der Waals surface area contributed by atoms with E-state index < -0.39 is 0 Å². The number of hydrogen-bond donors (Lipinski definition) is 1. The molecule has 158 valence electrons. The van der Waals surface area contributed by atoms with Gasteiger partial charge in [0.15, 0.2) is 5.65 Å². The quantitative estimate of drug-likeness (QED) is 0.392. The van der Waals surface area contributed by atoms with Crippen LogP contribution in [-0.2, 0) is 11.2 Å². The number of rotatable bonds is 5. The van der Waals surface area contributed by atoms with Gasteiger partial charge in [0.2, 0.25) is 5.91 Å². The number of hydrogen-bond acceptors (Lipinski definition) is 3. The average Bonchev–Trinajstić information content (AvgIpc) is 3.15. The Bertz CT molecular complexity index is 1300. The molecule has 1 N–H and O–H groups in total. The normalized spacial score (nSPS) is 11.1. The van der Waals surface area contributed by atoms with Crippen LogP contribution in [-0.4, -0.2) is 20.5 Å². The zero-order chi connectivity index (χ0) is 22.1. The molecule has 7 heteroatoms. The van der Waals surface area contributed by atoms with E-state index in [-0.39, 0.29) is 11.7 Å². The summed E-state index contributed by atoms with van der Waals surface area (Å²) in [6.07, 6.45) is 0.888. The molecule has 1 amide bonds. The Morgan fingerprint density at radius 3 is 2.68 bits per heavy atom. The SMILES string of the molecule is Cc1cc(NC(=O)CCc2c(C)nc3cc(-c4cccc(F)c4)nn3c2C)ccc1Br. The summed E-state index contributed by atoms with van der Waals surface area (Å²) >= 11 is 3.47. The number of amides is 1. The number of fused-ring (bicyclic) bond motifs is 1. The third-order valence-electron chi connectivity index (χ3n) is 5.33. The van der Waals surface area contributed by atoms with Gasteiger partial charge in [-0.2, -0.15) is 5.10 Å². The van der Waals surface area contributed by atoms with E-state index >= 15 is 0 Å². The van der Waals surface area contributed by atoms with E-state index in [2.05, 4.69) is 31.3 Å². The Morgan fingerprint density at radius 2 is 1.94 bits per heavy atom. The smallest absolute Gasteiger partial charge is 0.224 e. The van der Waals surface area contributed by atoms with Crippen LogP contribution in [0.3, 0.4) is 0 Å². The minimum atomic E-state index is -0.303. The number of aromatic nitrogens is 3. The van der Waals surface area contributed by atoms with Gasteiger partial charge in [0.05, 0.1) is 5.69 Å². The predicted molar refractivity (Wildman–Crippen MR) is 124 cm³/mol. The van der Waals surface area contributed by atoms with Crippen LogP contribution in [0.25, 0.3) is 16.9 Å². The standard InChI is InChI=1S/C24H22BrFN4O/c1-14-11-19(7-9-21(14)25)28-24(31)10-8-20-15(2)27-23-13-22(29-30(23)16(20)3)17-5-4-6-18(26)12-17/h4-7,9,11-13H,8,10H2,1-3H3,(H,28,31). The van der Waals surface area contributed by atoms with Crippen LogP contribution in [0.15, 0.2) is 53.0 Å². The van der Waals surface area contributed by atoms with Gasteiger partial charge >= 0.3 is 0 Å². The van der Waals surface area contributed by atoms with Gasteiger partial charge in [0.25, 0.3) is 0 Å². The summed E-state index contributed by atoms with van der Waals surface area (Å²) < 4.78 is 16.4. The monoisotopic (exact) mass is 480 g/mol. The number of nitrogens with one attached hydrogen (secondary N) is 1. The van der Waals surface area contributed by atoms with E-state index in [0.29, 0.717) is 29.7 Å². The van der Waals surface area contributed by atoms with Gasteiger partial charge in [-0.15, -0.1) is 0 Å². The van der Waals surface area contributed by atoms with Crippen molar-refractivity contribution in [3.8, 4) is 11.3 Å². The molecule has 5 nitrogen and oxygen atoms in total. The van der Waals surface area contributed by atoms with Crippen molar-refractivity contribution < 1.29 is 9.18 Å². The molecule has 0 aliphatic carbocycles. The summed E-state index contributed by atoms with van der Waals surface area (Å²) in [5.41, 5.74) is 6.69. The van der Waals surface area contributed by atoms with E-state index in [1.165, 1.54) is 12.1 Å². The van der Waals surface area contributed by atoms with Gasteiger partial charge in [-0.25, -0.2) is 13.9 Å². The van der Waals surface area contributed by atoms with Crippen molar-refractivity contribution in [2.24, 2.45) is 0 Å². The molecule has 0 bridgehead atoms. The van der Waals surface area contributed by atoms with Crippen molar-refractivity contribution in [3.05, 3.63) is 81.3 Å². The van der Waals surface area contributed by atoms with E-state index in [0.717, 1.165) is 32.7 Å². The van der Waals surface area contributed by atoms with Crippen molar-refractivity contribution in [1.82, 2.24) is 14.6 Å². The van der Waals surface area contributed by atoms with Crippen LogP contribution in [0.1, 0.15) is 28.9 Å². The number of carbonyl (C=O) groups excluding carboxylic acids is 1. The highest BCUT2D eigenvalue weighted by Crippen LogP contribution is 2.24. The summed E-state index contributed by atoms with van der Waals surface area (Å²) in [7, 11) is 0. The first-order valence-corrected chi connectivity index (χ1v) is 10.8. The zero-order valence-electron chi connectivity index (χ0n) is 17.5. The molecule has 31 heavy (non-hydrogen) atoms. The molecule has 0 aliphatic heterocycles. The fraction of sp³-hybridized carbons (Fsp3) is 0.208. The number of benzene rings is 2. The van der Waals surface area contributed by atoms with Crippen molar-refractivity contribution in [1.29, 1.82) is 0 Å². The third-order valence-corrected chi connectivity index (χ3v) is 6.22. The van der Waals surface area contributed by atoms with E-state index in [9.17, 15) is 9.18 Å². The Labute approximate surface area is 188 Å². The Morgan fingerprint density at radius 1 is 1.13 bits per heavy atom. The summed E-state index contributed by atoms with van der Waals surface area (Å²) in [6, 6.07) is 13.9. The maximum Gasteiger partial charge on any atom is 0.224 e. The van der Waals surface area contributed by atoms with Gasteiger partial charge in [-0.05, 0) is 68.7 Å². The minimum absolute atomic E-state index is 0.0541. The van der Waals surface area contributed by atoms with E-state index in [1.54, 1.807) is 10.6 Å². The first kappa shape index (κ1) is 21.2. The lowest BCUT2D eigenvalue weighted by Gasteiger charge is -2.11. The molecule has 2 heterocycles. The molecule has 4 rings (SSSR count). The summed E-state index contributed by atoms with van der Waals surface area (Å²) in [5.74, 6) is -0.357. The average molecular weight is 481 g/mol. The molecule has 0 spiro atoms. The maximum atomic E-state index is 13.6. The summed E-state index contributed by atoms with van der Waals surface area (Å²) in [6.45, 7) is 5.89. The molecule has 2 aromatic carbocycles. The fourth-order valence-electron chi connectivity index (χ4n) is 3.66. The lowest BCUT2D eigenvalue weighted by atomic mass is 10.1. The van der Waals surface area contributed by atoms with Gasteiger partial charge in [0.1, 0.15) is 5.82 Å². The second-order valence-corrected chi connectivity index (χ2v) is 8.44. The molecule has 0 saturated heterocycles. The highest BCUT2D eigenvalue weighted by Gasteiger charge is 2.15. The van der Waals surface area contributed by atoms with Gasteiger partial charge in [-0.1, -0.05) is 28.1 Å². The molecule has 2 aromatic heterocycles. The second-order valence-electron chi connectivity index (χ2n) is 7.58. The topological polar surface area (TPSA) is 59.3 Å². The summed E-state index contributed by atoms with van der Waals surface area (Å²) in [4.78, 5) is 17.1. The Kier molecular flexibility index (Phi) is 5.87. The van der Waals surface area contributed by atoms with Crippen LogP contribution in [0.4, 0.5) is 10.1 Å². The van der Waals surface area contributed by atoms with Crippen molar-refractivity contribution in [3.63, 3.8) is 0 Å². The number of aryl methyl sites for hydroxylation is 3. The number of anilines is 1. The molecular formula is C24H22BrFN4O. The minimum Gasteiger partial charge on any atom is -0.326 e. The fourth-order valence-corrected chi connectivity index (χ4v) is 3.91. The molecule has 4 aromatic rings. The van der Waals surface area contributed by atoms with Crippen molar-refractivity contribution in [2.75, 3.05) is 5.32 Å². The van der Waals surface area contributed by atoms with E-state index in [1.807, 2.05) is 51.1 Å². The largest absolute Gasteiger partial charge is 0.326 e. The lowest BCUT2D eigenvalue weighted by molar-refractivity contribution is -0.116. The van der Waals surface area contributed by atoms with Gasteiger partial charge in [-0.3, -0.25) is 4.79 Å². The molecule has 0 radical (unpaired) electrons. The van der Waals surface area contributed by atoms with Gasteiger partial charge < -0.3 is 5.32 Å². The molecule has 0 fully saturated rings. The molecule has 0 aliphatic rings. The first-order valence-electron chi connectivity index (χ1n) is 9.99. The molecular weight excluding hydrogens is 459 g/mol. The van der Waals surface area contributed by atoms with Gasteiger partial charge in [0, 0.05) is 39.6 Å². The first-order chi connectivity index (χ1) is 14.8. The van der Waals surface area contributed by atoms with Crippen LogP contribution in [0.5, 0.6) is 0 Å². The zero-order valence-corrected chi connectivity index (χ0v) is 19.1. The number of halogens is 2. The van der Waals surface area contributed by atoms with Crippen LogP contribution in [0.2, 0.25) is 0 Å². The van der Waals surface area contributed by atoms with Crippen molar-refractivity contribution in [2.45, 2.75) is 33.6 Å². The molecule has 0 saturated carbocycles. The highest BCUT2D eigenvalue weighted by atomic mass is 79.9. The van der Waals surface area contributed by atoms with Crippen LogP contribution >= 0.6 is 15.9 Å². The van der Waals surface area contributed by atoms with Crippen LogP contribution < -0.4 is 5.32 Å². The lowest BCUT2D eigenvalue weighted by Crippen LogP contribution is -2.14. The highest BCUT2D eigenvalue weighted by molar-refractivity contribution is 9.10. The number of carbonyl (C=O) groups is 1. The van der Waals surface area contributed by atoms with Crippen LogP contribution in [0, 0.1) is 26.6 Å². The predicted octanol–water partition coefficient (Wildman–Crippen LogP) is 5.79. The molecule has 0 atom stereocenters. The van der Waals surface area contributed by atoms with E-state index in [4.69, 9.17) is 0 Å². The Hall–Kier alpha value is -3.06. The van der Waals surface area contributed by atoms with Crippen molar-refractivity contribution >= 4 is 33.2 Å². The third kappa shape index (κ3) is 4.51. The molecule has 0 unspecified atom stereocenters. The Balaban J connectivity index is 1.54.